The van der Waals surface area contributed by atoms with Crippen molar-refractivity contribution in [3.05, 3.63) is 57.2 Å². The highest BCUT2D eigenvalue weighted by atomic mass is 35.5. The molecule has 0 atom stereocenters. The summed E-state index contributed by atoms with van der Waals surface area (Å²) in [5, 5.41) is 6.07. The van der Waals surface area contributed by atoms with Gasteiger partial charge in [0.05, 0.1) is 6.54 Å². The molecule has 0 spiro atoms. The lowest BCUT2D eigenvalue weighted by Gasteiger charge is -2.14. The number of halogens is 1. The van der Waals surface area contributed by atoms with Crippen molar-refractivity contribution in [3.63, 3.8) is 0 Å². The van der Waals surface area contributed by atoms with Crippen LogP contribution in [-0.4, -0.2) is 19.0 Å². The van der Waals surface area contributed by atoms with Gasteiger partial charge < -0.3 is 11.1 Å². The first-order valence-corrected chi connectivity index (χ1v) is 8.76. The Morgan fingerprint density at radius 3 is 2.86 bits per heavy atom. The summed E-state index contributed by atoms with van der Waals surface area (Å²) < 4.78 is 0. The van der Waals surface area contributed by atoms with Crippen molar-refractivity contribution in [2.75, 3.05) is 13.1 Å². The lowest BCUT2D eigenvalue weighted by molar-refractivity contribution is 0.700. The van der Waals surface area contributed by atoms with Crippen molar-refractivity contribution in [3.8, 4) is 0 Å². The minimum Gasteiger partial charge on any atom is -0.370 e. The third-order valence-electron chi connectivity index (χ3n) is 4.10. The predicted molar refractivity (Wildman–Crippen MR) is 94.9 cm³/mol. The summed E-state index contributed by atoms with van der Waals surface area (Å²) in [6, 6.07) is 12.3. The largest absolute Gasteiger partial charge is 0.370 e. The van der Waals surface area contributed by atoms with E-state index < -0.39 is 0 Å². The molecule has 0 bridgehead atoms. The van der Waals surface area contributed by atoms with Gasteiger partial charge in [0.15, 0.2) is 5.96 Å². The van der Waals surface area contributed by atoms with Crippen LogP contribution in [0.2, 0.25) is 5.02 Å². The monoisotopic (exact) mass is 333 g/mol. The number of rotatable bonds is 6. The molecule has 3 nitrogen and oxygen atoms in total. The first-order chi connectivity index (χ1) is 10.7. The van der Waals surface area contributed by atoms with Crippen molar-refractivity contribution < 1.29 is 0 Å². The second-order valence-corrected chi connectivity index (χ2v) is 7.22. The van der Waals surface area contributed by atoms with Crippen LogP contribution in [-0.2, 0) is 11.8 Å². The summed E-state index contributed by atoms with van der Waals surface area (Å²) in [5.41, 5.74) is 7.39. The van der Waals surface area contributed by atoms with E-state index in [2.05, 4.69) is 33.9 Å². The maximum Gasteiger partial charge on any atom is 0.188 e. The van der Waals surface area contributed by atoms with Crippen LogP contribution in [0, 0.1) is 0 Å². The molecular formula is C17H20ClN3S. The van der Waals surface area contributed by atoms with E-state index >= 15 is 0 Å². The molecule has 1 heterocycles. The third-order valence-corrected chi connectivity index (χ3v) is 5.27. The molecular weight excluding hydrogens is 314 g/mol. The molecule has 3 rings (SSSR count). The van der Waals surface area contributed by atoms with Crippen LogP contribution in [0.4, 0.5) is 0 Å². The predicted octanol–water partition coefficient (Wildman–Crippen LogP) is 3.58. The Labute approximate surface area is 140 Å². The Morgan fingerprint density at radius 2 is 2.18 bits per heavy atom. The van der Waals surface area contributed by atoms with Crippen molar-refractivity contribution in [2.24, 2.45) is 10.7 Å². The number of aliphatic imine (C=N–C) groups is 1. The molecule has 0 saturated heterocycles. The highest BCUT2D eigenvalue weighted by Gasteiger charge is 2.44. The fourth-order valence-electron chi connectivity index (χ4n) is 2.57. The number of benzene rings is 1. The van der Waals surface area contributed by atoms with Gasteiger partial charge in [-0.1, -0.05) is 29.8 Å². The standard InChI is InChI=1S/C17H20ClN3S/c18-14-4-1-3-13(11-14)17(7-8-17)12-21-16(19)20-9-6-15-5-2-10-22-15/h1-5,10-11H,6-9,12H2,(H3,19,20,21). The number of nitrogens with two attached hydrogens (primary N) is 1. The third kappa shape index (κ3) is 3.81. The molecule has 0 unspecified atom stereocenters. The number of nitrogens with zero attached hydrogens (tertiary/aromatic N) is 1. The maximum atomic E-state index is 6.09. The molecule has 1 aliphatic carbocycles. The molecule has 1 aromatic heterocycles. The van der Waals surface area contributed by atoms with Crippen molar-refractivity contribution in [2.45, 2.75) is 24.7 Å². The Hall–Kier alpha value is -1.52. The maximum absolute atomic E-state index is 6.09. The van der Waals surface area contributed by atoms with Crippen LogP contribution < -0.4 is 11.1 Å². The minimum absolute atomic E-state index is 0.144. The molecule has 3 N–H and O–H groups in total. The Balaban J connectivity index is 1.52. The van der Waals surface area contributed by atoms with Gasteiger partial charge in [0.1, 0.15) is 0 Å². The highest BCUT2D eigenvalue weighted by Crippen LogP contribution is 2.48. The zero-order valence-corrected chi connectivity index (χ0v) is 14.0. The number of guanidine groups is 1. The second kappa shape index (κ2) is 6.71. The lowest BCUT2D eigenvalue weighted by Crippen LogP contribution is -2.34. The number of hydrogen-bond acceptors (Lipinski definition) is 2. The van der Waals surface area contributed by atoms with E-state index in [0.717, 1.165) is 37.4 Å². The molecule has 1 saturated carbocycles. The van der Waals surface area contributed by atoms with Crippen LogP contribution in [0.1, 0.15) is 23.3 Å². The van der Waals surface area contributed by atoms with Crippen molar-refractivity contribution in [1.82, 2.24) is 5.32 Å². The van der Waals surface area contributed by atoms with Crippen LogP contribution >= 0.6 is 22.9 Å². The normalized spacial score (nSPS) is 16.5. The minimum atomic E-state index is 0.144. The summed E-state index contributed by atoms with van der Waals surface area (Å²) in [6.45, 7) is 1.55. The Morgan fingerprint density at radius 1 is 1.32 bits per heavy atom. The van der Waals surface area contributed by atoms with Gasteiger partial charge in [0, 0.05) is 21.9 Å². The second-order valence-electron chi connectivity index (χ2n) is 5.75. The quantitative estimate of drug-likeness (QED) is 0.627. The van der Waals surface area contributed by atoms with Gasteiger partial charge >= 0.3 is 0 Å². The van der Waals surface area contributed by atoms with Gasteiger partial charge in [-0.3, -0.25) is 4.99 Å². The smallest absolute Gasteiger partial charge is 0.188 e. The summed E-state index contributed by atoms with van der Waals surface area (Å²) in [7, 11) is 0. The van der Waals surface area contributed by atoms with Gasteiger partial charge in [0.2, 0.25) is 0 Å². The van der Waals surface area contributed by atoms with Gasteiger partial charge in [-0.05, 0) is 48.4 Å². The molecule has 1 aromatic carbocycles. The topological polar surface area (TPSA) is 50.4 Å². The van der Waals surface area contributed by atoms with Crippen LogP contribution in [0.3, 0.4) is 0 Å². The summed E-state index contributed by atoms with van der Waals surface area (Å²) in [6.07, 6.45) is 3.28. The SMILES string of the molecule is NC(=NCC1(c2cccc(Cl)c2)CC1)NCCc1cccs1. The van der Waals surface area contributed by atoms with Gasteiger partial charge in [-0.15, -0.1) is 11.3 Å². The van der Waals surface area contributed by atoms with Gasteiger partial charge in [0.25, 0.3) is 0 Å². The fraction of sp³-hybridized carbons (Fsp3) is 0.353. The molecule has 0 radical (unpaired) electrons. The number of nitrogens with one attached hydrogen (secondary N) is 1. The number of hydrogen-bond donors (Lipinski definition) is 2. The van der Waals surface area contributed by atoms with E-state index in [4.69, 9.17) is 17.3 Å². The van der Waals surface area contributed by atoms with E-state index in [1.807, 2.05) is 18.2 Å². The molecule has 5 heteroatoms. The molecule has 116 valence electrons. The van der Waals surface area contributed by atoms with Crippen LogP contribution in [0.5, 0.6) is 0 Å². The van der Waals surface area contributed by atoms with Gasteiger partial charge in [-0.25, -0.2) is 0 Å². The van der Waals surface area contributed by atoms with E-state index in [1.165, 1.54) is 10.4 Å². The highest BCUT2D eigenvalue weighted by molar-refractivity contribution is 7.09. The van der Waals surface area contributed by atoms with E-state index in [1.54, 1.807) is 11.3 Å². The van der Waals surface area contributed by atoms with Crippen LogP contribution in [0.15, 0.2) is 46.8 Å². The number of thiophene rings is 1. The van der Waals surface area contributed by atoms with E-state index in [-0.39, 0.29) is 5.41 Å². The van der Waals surface area contributed by atoms with E-state index in [9.17, 15) is 0 Å². The average Bonchev–Trinajstić information content (AvgIpc) is 3.14. The average molecular weight is 334 g/mol. The molecule has 2 aromatic rings. The zero-order valence-electron chi connectivity index (χ0n) is 12.4. The Bertz CT molecular complexity index is 648. The van der Waals surface area contributed by atoms with Crippen LogP contribution in [0.25, 0.3) is 0 Å². The molecule has 1 fully saturated rings. The van der Waals surface area contributed by atoms with Gasteiger partial charge in [-0.2, -0.15) is 0 Å². The summed E-state index contributed by atoms with van der Waals surface area (Å²) in [4.78, 5) is 5.89. The zero-order chi connectivity index (χ0) is 15.4. The summed E-state index contributed by atoms with van der Waals surface area (Å²) >= 11 is 7.85. The van der Waals surface area contributed by atoms with E-state index in [0.29, 0.717) is 5.96 Å². The first-order valence-electron chi connectivity index (χ1n) is 7.50. The lowest BCUT2D eigenvalue weighted by atomic mass is 9.96. The fourth-order valence-corrected chi connectivity index (χ4v) is 3.47. The Kier molecular flexibility index (Phi) is 4.69. The molecule has 0 amide bonds. The van der Waals surface area contributed by atoms with Crippen molar-refractivity contribution in [1.29, 1.82) is 0 Å². The molecule has 0 aliphatic heterocycles. The summed E-state index contributed by atoms with van der Waals surface area (Å²) in [5.74, 6) is 0.532. The first kappa shape index (κ1) is 15.4. The van der Waals surface area contributed by atoms with Crippen molar-refractivity contribution >= 4 is 28.9 Å². The molecule has 1 aliphatic rings. The molecule has 22 heavy (non-hydrogen) atoms.